The van der Waals surface area contributed by atoms with Crippen molar-refractivity contribution >= 4 is 0 Å². The molecule has 3 heteroatoms. The molecule has 1 atom stereocenters. The highest BCUT2D eigenvalue weighted by Gasteiger charge is 2.25. The van der Waals surface area contributed by atoms with E-state index >= 15 is 0 Å². The number of benzene rings is 1. The second-order valence-corrected chi connectivity index (χ2v) is 4.41. The van der Waals surface area contributed by atoms with E-state index in [2.05, 4.69) is 18.7 Å². The Balaban J connectivity index is 1.76. The van der Waals surface area contributed by atoms with Crippen LogP contribution >= 0.6 is 0 Å². The summed E-state index contributed by atoms with van der Waals surface area (Å²) in [6.45, 7) is 6.69. The number of hydrogen-bond acceptors (Lipinski definition) is 3. The van der Waals surface area contributed by atoms with E-state index in [-0.39, 0.29) is 6.10 Å². The average Bonchev–Trinajstić information content (AvgIpc) is 2.76. The molecule has 0 amide bonds. The predicted octanol–water partition coefficient (Wildman–Crippen LogP) is 2.13. The quantitative estimate of drug-likeness (QED) is 0.777. The molecule has 0 spiro atoms. The fourth-order valence-electron chi connectivity index (χ4n) is 1.73. The minimum Gasteiger partial charge on any atom is -0.491 e. The maximum atomic E-state index is 5.67. The van der Waals surface area contributed by atoms with Crippen LogP contribution in [0.3, 0.4) is 0 Å². The highest BCUT2D eigenvalue weighted by atomic mass is 16.5. The van der Waals surface area contributed by atoms with Gasteiger partial charge < -0.3 is 9.47 Å². The Bertz CT molecular complexity index is 313. The third kappa shape index (κ3) is 2.97. The monoisotopic (exact) mass is 221 g/mol. The van der Waals surface area contributed by atoms with Gasteiger partial charge in [-0.05, 0) is 26.0 Å². The van der Waals surface area contributed by atoms with E-state index in [0.29, 0.717) is 12.6 Å². The zero-order chi connectivity index (χ0) is 11.4. The SMILES string of the molecule is CC(C)N1COC(COc2ccccc2)C1. The van der Waals surface area contributed by atoms with E-state index in [4.69, 9.17) is 9.47 Å². The summed E-state index contributed by atoms with van der Waals surface area (Å²) in [5.41, 5.74) is 0. The van der Waals surface area contributed by atoms with Gasteiger partial charge in [0, 0.05) is 12.6 Å². The lowest BCUT2D eigenvalue weighted by atomic mass is 10.3. The summed E-state index contributed by atoms with van der Waals surface area (Å²) in [5, 5.41) is 0. The lowest BCUT2D eigenvalue weighted by Crippen LogP contribution is -2.30. The molecule has 0 radical (unpaired) electrons. The van der Waals surface area contributed by atoms with Gasteiger partial charge in [0.05, 0.1) is 6.73 Å². The number of para-hydroxylation sites is 1. The Hall–Kier alpha value is -1.06. The van der Waals surface area contributed by atoms with Crippen LogP contribution < -0.4 is 4.74 Å². The maximum Gasteiger partial charge on any atom is 0.119 e. The molecule has 1 saturated heterocycles. The molecule has 2 rings (SSSR count). The predicted molar refractivity (Wildman–Crippen MR) is 63.5 cm³/mol. The van der Waals surface area contributed by atoms with Gasteiger partial charge in [0.2, 0.25) is 0 Å². The second-order valence-electron chi connectivity index (χ2n) is 4.41. The van der Waals surface area contributed by atoms with Gasteiger partial charge >= 0.3 is 0 Å². The molecule has 16 heavy (non-hydrogen) atoms. The summed E-state index contributed by atoms with van der Waals surface area (Å²) in [6.07, 6.45) is 0.197. The first-order chi connectivity index (χ1) is 7.75. The fourth-order valence-corrected chi connectivity index (χ4v) is 1.73. The van der Waals surface area contributed by atoms with Crippen molar-refractivity contribution in [3.8, 4) is 5.75 Å². The summed E-state index contributed by atoms with van der Waals surface area (Å²) in [4.78, 5) is 2.30. The van der Waals surface area contributed by atoms with Crippen molar-refractivity contribution < 1.29 is 9.47 Å². The van der Waals surface area contributed by atoms with Crippen LogP contribution in [0.2, 0.25) is 0 Å². The first-order valence-corrected chi connectivity index (χ1v) is 5.79. The Labute approximate surface area is 97.0 Å². The molecule has 88 valence electrons. The lowest BCUT2D eigenvalue weighted by Gasteiger charge is -2.17. The van der Waals surface area contributed by atoms with Crippen LogP contribution in [0.1, 0.15) is 13.8 Å². The van der Waals surface area contributed by atoms with Crippen LogP contribution in [0.15, 0.2) is 30.3 Å². The molecule has 1 unspecified atom stereocenters. The minimum absolute atomic E-state index is 0.197. The molecule has 1 aliphatic heterocycles. The van der Waals surface area contributed by atoms with E-state index in [9.17, 15) is 0 Å². The molecule has 0 saturated carbocycles. The van der Waals surface area contributed by atoms with Crippen LogP contribution in [-0.2, 0) is 4.74 Å². The molecule has 1 aromatic rings. The summed E-state index contributed by atoms with van der Waals surface area (Å²) in [6, 6.07) is 10.4. The van der Waals surface area contributed by atoms with E-state index < -0.39 is 0 Å². The summed E-state index contributed by atoms with van der Waals surface area (Å²) < 4.78 is 11.3. The molecule has 3 nitrogen and oxygen atoms in total. The summed E-state index contributed by atoms with van der Waals surface area (Å²) in [7, 11) is 0. The van der Waals surface area contributed by atoms with E-state index in [1.54, 1.807) is 0 Å². The highest BCUT2D eigenvalue weighted by Crippen LogP contribution is 2.14. The topological polar surface area (TPSA) is 21.7 Å². The van der Waals surface area contributed by atoms with Crippen LogP contribution in [0.4, 0.5) is 0 Å². The van der Waals surface area contributed by atoms with Crippen molar-refractivity contribution in [3.63, 3.8) is 0 Å². The second kappa shape index (κ2) is 5.32. The van der Waals surface area contributed by atoms with Crippen molar-refractivity contribution in [1.29, 1.82) is 0 Å². The first kappa shape index (κ1) is 11.4. The van der Waals surface area contributed by atoms with Gasteiger partial charge in [-0.2, -0.15) is 0 Å². The van der Waals surface area contributed by atoms with Crippen molar-refractivity contribution in [1.82, 2.24) is 4.90 Å². The molecule has 1 aliphatic rings. The van der Waals surface area contributed by atoms with Gasteiger partial charge in [-0.25, -0.2) is 0 Å². The maximum absolute atomic E-state index is 5.67. The number of rotatable bonds is 4. The average molecular weight is 221 g/mol. The lowest BCUT2D eigenvalue weighted by molar-refractivity contribution is 0.0551. The Morgan fingerprint density at radius 1 is 1.38 bits per heavy atom. The van der Waals surface area contributed by atoms with Crippen molar-refractivity contribution in [2.75, 3.05) is 19.9 Å². The molecule has 1 aromatic carbocycles. The third-order valence-electron chi connectivity index (χ3n) is 2.82. The minimum atomic E-state index is 0.197. The Morgan fingerprint density at radius 2 is 2.12 bits per heavy atom. The van der Waals surface area contributed by atoms with Gasteiger partial charge in [-0.15, -0.1) is 0 Å². The number of ether oxygens (including phenoxy) is 2. The summed E-state index contributed by atoms with van der Waals surface area (Å²) >= 11 is 0. The molecular weight excluding hydrogens is 202 g/mol. The standard InChI is InChI=1S/C13H19NO2/c1-11(2)14-8-13(16-10-14)9-15-12-6-4-3-5-7-12/h3-7,11,13H,8-10H2,1-2H3. The van der Waals surface area contributed by atoms with Gasteiger partial charge in [-0.1, -0.05) is 18.2 Å². The first-order valence-electron chi connectivity index (χ1n) is 5.79. The Morgan fingerprint density at radius 3 is 2.75 bits per heavy atom. The summed E-state index contributed by atoms with van der Waals surface area (Å²) in [5.74, 6) is 0.911. The third-order valence-corrected chi connectivity index (χ3v) is 2.82. The van der Waals surface area contributed by atoms with Crippen molar-refractivity contribution in [3.05, 3.63) is 30.3 Å². The highest BCUT2D eigenvalue weighted by molar-refractivity contribution is 5.20. The molecule has 1 heterocycles. The van der Waals surface area contributed by atoms with Crippen LogP contribution in [0, 0.1) is 0 Å². The van der Waals surface area contributed by atoms with Gasteiger partial charge in [0.15, 0.2) is 0 Å². The normalized spacial score (nSPS) is 21.6. The largest absolute Gasteiger partial charge is 0.491 e. The Kier molecular flexibility index (Phi) is 3.80. The van der Waals surface area contributed by atoms with E-state index in [1.165, 1.54) is 0 Å². The molecule has 0 bridgehead atoms. The van der Waals surface area contributed by atoms with Crippen LogP contribution in [0.5, 0.6) is 5.75 Å². The number of nitrogens with zero attached hydrogens (tertiary/aromatic N) is 1. The van der Waals surface area contributed by atoms with Crippen molar-refractivity contribution in [2.45, 2.75) is 26.0 Å². The van der Waals surface area contributed by atoms with E-state index in [0.717, 1.165) is 19.0 Å². The van der Waals surface area contributed by atoms with Gasteiger partial charge in [-0.3, -0.25) is 4.90 Å². The van der Waals surface area contributed by atoms with Gasteiger partial charge in [0.1, 0.15) is 18.5 Å². The smallest absolute Gasteiger partial charge is 0.119 e. The number of hydrogen-bond donors (Lipinski definition) is 0. The van der Waals surface area contributed by atoms with E-state index in [1.807, 2.05) is 30.3 Å². The molecule has 0 aromatic heterocycles. The zero-order valence-electron chi connectivity index (χ0n) is 9.93. The molecule has 0 aliphatic carbocycles. The zero-order valence-corrected chi connectivity index (χ0v) is 9.93. The van der Waals surface area contributed by atoms with Crippen LogP contribution in [-0.4, -0.2) is 36.9 Å². The van der Waals surface area contributed by atoms with Gasteiger partial charge in [0.25, 0.3) is 0 Å². The molecular formula is C13H19NO2. The fraction of sp³-hybridized carbons (Fsp3) is 0.538. The van der Waals surface area contributed by atoms with Crippen LogP contribution in [0.25, 0.3) is 0 Å². The molecule has 1 fully saturated rings. The molecule has 0 N–H and O–H groups in total. The van der Waals surface area contributed by atoms with Crippen molar-refractivity contribution in [2.24, 2.45) is 0 Å².